The molecule has 0 heterocycles. The first kappa shape index (κ1) is 22.3. The Kier molecular flexibility index (Phi) is 5.43. The van der Waals surface area contributed by atoms with Gasteiger partial charge in [0.25, 0.3) is 10.1 Å². The van der Waals surface area contributed by atoms with Gasteiger partial charge in [0.05, 0.1) is 5.41 Å². The van der Waals surface area contributed by atoms with Crippen LogP contribution >= 0.6 is 0 Å². The normalized spacial score (nSPS) is 34.7. The number of Topliss-reactive ketones (excluding diaryl/α,β-unsaturated/α-hetero) is 1. The van der Waals surface area contributed by atoms with Gasteiger partial charge in [-0.15, -0.1) is 0 Å². The number of esters is 1. The van der Waals surface area contributed by atoms with Crippen molar-refractivity contribution in [2.45, 2.75) is 64.1 Å². The molecule has 4 saturated carbocycles. The molecule has 4 fully saturated rings. The number of halogens is 3. The Morgan fingerprint density at radius 2 is 1.76 bits per heavy atom. The topological polar surface area (TPSA) is 97.7 Å². The predicted octanol–water partition coefficient (Wildman–Crippen LogP) is 3.47. The average Bonchev–Trinajstić information content (AvgIpc) is 2.50. The Labute approximate surface area is 167 Å². The summed E-state index contributed by atoms with van der Waals surface area (Å²) in [5, 5.41) is 0. The molecule has 0 saturated heterocycles. The Morgan fingerprint density at radius 1 is 1.21 bits per heavy atom. The summed E-state index contributed by atoms with van der Waals surface area (Å²) in [4.78, 5) is 25.2. The molecule has 4 rings (SSSR count). The van der Waals surface area contributed by atoms with Crippen LogP contribution in [0.3, 0.4) is 0 Å². The standard InChI is InChI=1S/C19H25F3O6S/c1-11(2)14(23)8-17-4-12-3-13(5-17)7-18(6-12,10-17)16(24)28-15(19(20,21)22)9-29(25,26)27/h12-13,15H,1,3-10H2,2H3,(H,25,26,27). The molecule has 0 aromatic heterocycles. The van der Waals surface area contributed by atoms with Gasteiger partial charge in [-0.2, -0.15) is 21.6 Å². The number of alkyl halides is 3. The van der Waals surface area contributed by atoms with Gasteiger partial charge in [-0.05, 0) is 68.3 Å². The van der Waals surface area contributed by atoms with Crippen LogP contribution in [0.1, 0.15) is 51.9 Å². The number of rotatable bonds is 7. The monoisotopic (exact) mass is 438 g/mol. The highest BCUT2D eigenvalue weighted by atomic mass is 32.2. The first-order chi connectivity index (χ1) is 13.1. The van der Waals surface area contributed by atoms with Gasteiger partial charge in [0.15, 0.2) is 5.78 Å². The Hall–Kier alpha value is -1.42. The minimum absolute atomic E-state index is 0.116. The number of ketones is 1. The zero-order chi connectivity index (χ0) is 21.8. The van der Waals surface area contributed by atoms with E-state index in [1.54, 1.807) is 6.92 Å². The maximum Gasteiger partial charge on any atom is 0.426 e. The van der Waals surface area contributed by atoms with Gasteiger partial charge in [0.1, 0.15) is 5.75 Å². The lowest BCUT2D eigenvalue weighted by Gasteiger charge is -2.61. The summed E-state index contributed by atoms with van der Waals surface area (Å²) < 4.78 is 75.1. The van der Waals surface area contributed by atoms with Crippen LogP contribution < -0.4 is 0 Å². The van der Waals surface area contributed by atoms with E-state index in [0.29, 0.717) is 18.4 Å². The molecule has 4 aliphatic rings. The third-order valence-corrected chi connectivity index (χ3v) is 7.33. The van der Waals surface area contributed by atoms with Crippen molar-refractivity contribution in [3.8, 4) is 0 Å². The van der Waals surface area contributed by atoms with Crippen LogP contribution in [0, 0.1) is 22.7 Å². The first-order valence-corrected chi connectivity index (χ1v) is 11.2. The number of carbonyl (C=O) groups excluding carboxylic acids is 2. The number of hydrogen-bond acceptors (Lipinski definition) is 5. The van der Waals surface area contributed by atoms with Gasteiger partial charge in [-0.3, -0.25) is 14.1 Å². The fourth-order valence-electron chi connectivity index (χ4n) is 6.03. The van der Waals surface area contributed by atoms with E-state index in [-0.39, 0.29) is 30.5 Å². The van der Waals surface area contributed by atoms with E-state index >= 15 is 0 Å². The maximum absolute atomic E-state index is 13.2. The number of ether oxygens (including phenoxy) is 1. The van der Waals surface area contributed by atoms with Crippen LogP contribution in [-0.2, 0) is 24.4 Å². The molecule has 3 unspecified atom stereocenters. The van der Waals surface area contributed by atoms with E-state index in [0.717, 1.165) is 19.3 Å². The van der Waals surface area contributed by atoms with Gasteiger partial charge in [-0.1, -0.05) is 6.58 Å². The number of carbonyl (C=O) groups is 2. The second kappa shape index (κ2) is 7.08. The van der Waals surface area contributed by atoms with E-state index < -0.39 is 45.0 Å². The van der Waals surface area contributed by atoms with Crippen molar-refractivity contribution in [1.82, 2.24) is 0 Å². The van der Waals surface area contributed by atoms with Gasteiger partial charge < -0.3 is 4.74 Å². The van der Waals surface area contributed by atoms with E-state index in [1.165, 1.54) is 0 Å². The van der Waals surface area contributed by atoms with Crippen LogP contribution in [-0.4, -0.2) is 42.8 Å². The molecule has 0 radical (unpaired) electrons. The fourth-order valence-corrected chi connectivity index (χ4v) is 6.67. The molecule has 3 atom stereocenters. The van der Waals surface area contributed by atoms with E-state index in [4.69, 9.17) is 4.55 Å². The zero-order valence-corrected chi connectivity index (χ0v) is 16.9. The third-order valence-electron chi connectivity index (χ3n) is 6.60. The first-order valence-electron chi connectivity index (χ1n) is 9.55. The highest BCUT2D eigenvalue weighted by Crippen LogP contribution is 2.67. The molecular weight excluding hydrogens is 413 g/mol. The summed E-state index contributed by atoms with van der Waals surface area (Å²) in [5.74, 6) is -2.69. The Balaban J connectivity index is 1.84. The van der Waals surface area contributed by atoms with Crippen LogP contribution in [0.4, 0.5) is 13.2 Å². The number of hydrogen-bond donors (Lipinski definition) is 1. The molecule has 0 aliphatic heterocycles. The summed E-state index contributed by atoms with van der Waals surface area (Å²) >= 11 is 0. The minimum atomic E-state index is -5.12. The predicted molar refractivity (Wildman–Crippen MR) is 96.3 cm³/mol. The second-order valence-corrected chi connectivity index (χ2v) is 10.8. The molecular formula is C19H25F3O6S. The van der Waals surface area contributed by atoms with Crippen molar-refractivity contribution < 1.29 is 40.5 Å². The molecule has 4 aliphatic carbocycles. The number of allylic oxidation sites excluding steroid dienone is 1. The van der Waals surface area contributed by atoms with Crippen molar-refractivity contribution in [3.63, 3.8) is 0 Å². The van der Waals surface area contributed by atoms with Crippen molar-refractivity contribution in [1.29, 1.82) is 0 Å². The minimum Gasteiger partial charge on any atom is -0.451 e. The Bertz CT molecular complexity index is 817. The molecule has 164 valence electrons. The van der Waals surface area contributed by atoms with Crippen LogP contribution in [0.15, 0.2) is 12.2 Å². The summed E-state index contributed by atoms with van der Waals surface area (Å²) in [6.07, 6.45) is -4.49. The quantitative estimate of drug-likeness (QED) is 0.371. The maximum atomic E-state index is 13.2. The average molecular weight is 438 g/mol. The van der Waals surface area contributed by atoms with Gasteiger partial charge >= 0.3 is 12.1 Å². The molecule has 0 spiro atoms. The molecule has 6 nitrogen and oxygen atoms in total. The van der Waals surface area contributed by atoms with Crippen LogP contribution in [0.25, 0.3) is 0 Å². The smallest absolute Gasteiger partial charge is 0.426 e. The summed E-state index contributed by atoms with van der Waals surface area (Å²) in [6, 6.07) is 0. The summed E-state index contributed by atoms with van der Waals surface area (Å²) in [5.41, 5.74) is -1.21. The molecule has 10 heteroatoms. The summed E-state index contributed by atoms with van der Waals surface area (Å²) in [6.45, 7) is 5.27. The van der Waals surface area contributed by atoms with Crippen LogP contribution in [0.5, 0.6) is 0 Å². The SMILES string of the molecule is C=C(C)C(=O)CC12CC3CC(C1)CC(C(=O)OC(CS(=O)(=O)O)C(F)(F)F)(C3)C2. The van der Waals surface area contributed by atoms with E-state index in [1.807, 2.05) is 0 Å². The lowest BCUT2D eigenvalue weighted by atomic mass is 9.43. The lowest BCUT2D eigenvalue weighted by molar-refractivity contribution is -0.230. The largest absolute Gasteiger partial charge is 0.451 e. The summed E-state index contributed by atoms with van der Waals surface area (Å²) in [7, 11) is -5.00. The molecule has 1 N–H and O–H groups in total. The van der Waals surface area contributed by atoms with Crippen LogP contribution in [0.2, 0.25) is 0 Å². The van der Waals surface area contributed by atoms with E-state index in [2.05, 4.69) is 11.3 Å². The fraction of sp³-hybridized carbons (Fsp3) is 0.789. The lowest BCUT2D eigenvalue weighted by Crippen LogP contribution is -2.57. The van der Waals surface area contributed by atoms with Gasteiger partial charge in [0.2, 0.25) is 6.10 Å². The Morgan fingerprint density at radius 3 is 2.21 bits per heavy atom. The highest BCUT2D eigenvalue weighted by molar-refractivity contribution is 7.85. The molecule has 29 heavy (non-hydrogen) atoms. The molecule has 0 amide bonds. The molecule has 4 bridgehead atoms. The highest BCUT2D eigenvalue weighted by Gasteiger charge is 2.62. The molecule has 0 aromatic rings. The van der Waals surface area contributed by atoms with Crippen molar-refractivity contribution in [3.05, 3.63) is 12.2 Å². The van der Waals surface area contributed by atoms with Crippen molar-refractivity contribution in [2.75, 3.05) is 5.75 Å². The van der Waals surface area contributed by atoms with Crippen molar-refractivity contribution in [2.24, 2.45) is 22.7 Å². The molecule has 0 aromatic carbocycles. The van der Waals surface area contributed by atoms with Crippen molar-refractivity contribution >= 4 is 21.9 Å². The zero-order valence-electron chi connectivity index (χ0n) is 16.1. The van der Waals surface area contributed by atoms with E-state index in [9.17, 15) is 31.2 Å². The van der Waals surface area contributed by atoms with Gasteiger partial charge in [-0.25, -0.2) is 0 Å². The third kappa shape index (κ3) is 4.68. The van der Waals surface area contributed by atoms with Gasteiger partial charge in [0, 0.05) is 6.42 Å². The second-order valence-electron chi connectivity index (χ2n) is 9.31.